The number of nitrogens with zero attached hydrogens (tertiary/aromatic N) is 3. The van der Waals surface area contributed by atoms with E-state index < -0.39 is 0 Å². The van der Waals surface area contributed by atoms with Crippen LogP contribution in [0.2, 0.25) is 0 Å². The van der Waals surface area contributed by atoms with Crippen LogP contribution in [0.4, 0.5) is 0 Å². The Balaban J connectivity index is 1.30. The second-order valence-electron chi connectivity index (χ2n) is 7.46. The Morgan fingerprint density at radius 1 is 1.10 bits per heavy atom. The third kappa shape index (κ3) is 3.63. The molecule has 0 spiro atoms. The fraction of sp³-hybridized carbons (Fsp3) is 0.304. The van der Waals surface area contributed by atoms with E-state index in [1.807, 2.05) is 18.3 Å². The summed E-state index contributed by atoms with van der Waals surface area (Å²) in [5, 5.41) is 0. The van der Waals surface area contributed by atoms with Gasteiger partial charge in [0.1, 0.15) is 0 Å². The van der Waals surface area contributed by atoms with Gasteiger partial charge in [0.15, 0.2) is 11.5 Å². The highest BCUT2D eigenvalue weighted by Gasteiger charge is 2.26. The molecule has 6 nitrogen and oxygen atoms in total. The number of methoxy groups -OCH3 is 1. The van der Waals surface area contributed by atoms with Crippen molar-refractivity contribution in [1.29, 1.82) is 0 Å². The summed E-state index contributed by atoms with van der Waals surface area (Å²) in [6.07, 6.45) is 6.67. The number of aromatic nitrogens is 2. The molecule has 5 rings (SSSR count). The summed E-state index contributed by atoms with van der Waals surface area (Å²) >= 11 is 0. The first-order valence-electron chi connectivity index (χ1n) is 9.85. The molecule has 0 N–H and O–H groups in total. The van der Waals surface area contributed by atoms with Crippen molar-refractivity contribution in [2.24, 2.45) is 0 Å². The summed E-state index contributed by atoms with van der Waals surface area (Å²) in [7, 11) is 1.66. The zero-order valence-corrected chi connectivity index (χ0v) is 16.4. The predicted molar refractivity (Wildman–Crippen MR) is 109 cm³/mol. The molecule has 1 fully saturated rings. The standard InChI is InChI=1S/C23H23N3O3/c1-27-21-10-16(11-22-23(21)29-15-28-22)13-26-9-5-19(14-26)18-4-8-25-20(12-18)17-2-6-24-7-3-17/h2-4,6-8,10-12,19H,5,9,13-15H2,1H3/t19-/m1/s1. The number of fused-ring (bicyclic) bond motifs is 1. The molecule has 148 valence electrons. The molecule has 3 aromatic rings. The summed E-state index contributed by atoms with van der Waals surface area (Å²) in [4.78, 5) is 11.1. The molecule has 1 atom stereocenters. The number of ether oxygens (including phenoxy) is 3. The van der Waals surface area contributed by atoms with Crippen LogP contribution in [0.25, 0.3) is 11.3 Å². The largest absolute Gasteiger partial charge is 0.493 e. The molecule has 0 aliphatic carbocycles. The van der Waals surface area contributed by atoms with Gasteiger partial charge in [0.05, 0.1) is 12.8 Å². The predicted octanol–water partition coefficient (Wildman–Crippen LogP) is 3.87. The lowest BCUT2D eigenvalue weighted by atomic mass is 9.97. The van der Waals surface area contributed by atoms with Gasteiger partial charge >= 0.3 is 0 Å². The Labute approximate surface area is 170 Å². The first kappa shape index (κ1) is 17.9. The molecule has 0 bridgehead atoms. The molecule has 0 radical (unpaired) electrons. The molecule has 4 heterocycles. The lowest BCUT2D eigenvalue weighted by Gasteiger charge is -2.17. The highest BCUT2D eigenvalue weighted by atomic mass is 16.7. The Morgan fingerprint density at radius 2 is 2.00 bits per heavy atom. The van der Waals surface area contributed by atoms with Crippen molar-refractivity contribution in [3.63, 3.8) is 0 Å². The van der Waals surface area contributed by atoms with Crippen molar-refractivity contribution in [2.45, 2.75) is 18.9 Å². The minimum absolute atomic E-state index is 0.253. The maximum atomic E-state index is 5.56. The zero-order chi connectivity index (χ0) is 19.6. The van der Waals surface area contributed by atoms with Gasteiger partial charge in [-0.2, -0.15) is 0 Å². The summed E-state index contributed by atoms with van der Waals surface area (Å²) < 4.78 is 16.5. The van der Waals surface area contributed by atoms with Crippen LogP contribution in [0.3, 0.4) is 0 Å². The van der Waals surface area contributed by atoms with Crippen LogP contribution < -0.4 is 14.2 Å². The fourth-order valence-corrected chi connectivity index (χ4v) is 4.16. The molecule has 29 heavy (non-hydrogen) atoms. The normalized spacial score (nSPS) is 18.2. The molecule has 1 aromatic carbocycles. The van der Waals surface area contributed by atoms with Crippen molar-refractivity contribution in [1.82, 2.24) is 14.9 Å². The van der Waals surface area contributed by atoms with E-state index in [-0.39, 0.29) is 6.79 Å². The number of hydrogen-bond acceptors (Lipinski definition) is 6. The minimum Gasteiger partial charge on any atom is -0.493 e. The maximum Gasteiger partial charge on any atom is 0.231 e. The van der Waals surface area contributed by atoms with E-state index in [4.69, 9.17) is 14.2 Å². The quantitative estimate of drug-likeness (QED) is 0.660. The van der Waals surface area contributed by atoms with Gasteiger partial charge in [-0.05, 0) is 66.4 Å². The smallest absolute Gasteiger partial charge is 0.231 e. The van der Waals surface area contributed by atoms with Gasteiger partial charge in [-0.25, -0.2) is 0 Å². The van der Waals surface area contributed by atoms with E-state index in [1.165, 1.54) is 11.1 Å². The van der Waals surface area contributed by atoms with Crippen molar-refractivity contribution in [2.75, 3.05) is 27.0 Å². The monoisotopic (exact) mass is 389 g/mol. The van der Waals surface area contributed by atoms with Crippen LogP contribution >= 0.6 is 0 Å². The van der Waals surface area contributed by atoms with Crippen LogP contribution in [0.5, 0.6) is 17.2 Å². The summed E-state index contributed by atoms with van der Waals surface area (Å²) in [5.41, 5.74) is 4.63. The van der Waals surface area contributed by atoms with Crippen LogP contribution in [0.1, 0.15) is 23.5 Å². The van der Waals surface area contributed by atoms with Gasteiger partial charge in [0.25, 0.3) is 0 Å². The van der Waals surface area contributed by atoms with Crippen molar-refractivity contribution >= 4 is 0 Å². The highest BCUT2D eigenvalue weighted by Crippen LogP contribution is 2.42. The van der Waals surface area contributed by atoms with Gasteiger partial charge in [-0.15, -0.1) is 0 Å². The molecule has 0 unspecified atom stereocenters. The van der Waals surface area contributed by atoms with E-state index >= 15 is 0 Å². The SMILES string of the molecule is COc1cc(CN2CC[C@@H](c3ccnc(-c4ccncc4)c3)C2)cc2c1OCO2. The zero-order valence-electron chi connectivity index (χ0n) is 16.4. The Bertz CT molecular complexity index is 1010. The first-order chi connectivity index (χ1) is 14.3. The second kappa shape index (κ2) is 7.72. The molecule has 2 aromatic heterocycles. The van der Waals surface area contributed by atoms with Gasteiger partial charge in [-0.3, -0.25) is 14.9 Å². The van der Waals surface area contributed by atoms with E-state index in [9.17, 15) is 0 Å². The Kier molecular flexibility index (Phi) is 4.77. The third-order valence-corrected chi connectivity index (χ3v) is 5.63. The average molecular weight is 389 g/mol. The maximum absolute atomic E-state index is 5.56. The number of hydrogen-bond donors (Lipinski definition) is 0. The van der Waals surface area contributed by atoms with E-state index in [1.54, 1.807) is 19.5 Å². The number of benzene rings is 1. The van der Waals surface area contributed by atoms with Crippen LogP contribution in [0.15, 0.2) is 55.0 Å². The number of pyridine rings is 2. The molecule has 0 saturated carbocycles. The van der Waals surface area contributed by atoms with Crippen LogP contribution in [-0.4, -0.2) is 41.9 Å². The fourth-order valence-electron chi connectivity index (χ4n) is 4.16. The molecule has 6 heteroatoms. The molecule has 2 aliphatic heterocycles. The molecule has 2 aliphatic rings. The number of likely N-dealkylation sites (tertiary alicyclic amines) is 1. The lowest BCUT2D eigenvalue weighted by molar-refractivity contribution is 0.171. The highest BCUT2D eigenvalue weighted by molar-refractivity contribution is 5.59. The van der Waals surface area contributed by atoms with E-state index in [2.05, 4.69) is 39.1 Å². The van der Waals surface area contributed by atoms with E-state index in [0.717, 1.165) is 48.8 Å². The summed E-state index contributed by atoms with van der Waals surface area (Å²) in [6, 6.07) is 12.5. The van der Waals surface area contributed by atoms with Gasteiger partial charge in [-0.1, -0.05) is 0 Å². The van der Waals surface area contributed by atoms with Crippen molar-refractivity contribution < 1.29 is 14.2 Å². The lowest BCUT2D eigenvalue weighted by Crippen LogP contribution is -2.19. The second-order valence-corrected chi connectivity index (χ2v) is 7.46. The Hall–Kier alpha value is -3.12. The van der Waals surface area contributed by atoms with Crippen molar-refractivity contribution in [3.8, 4) is 28.5 Å². The minimum atomic E-state index is 0.253. The molecule has 0 amide bonds. The molecule has 1 saturated heterocycles. The van der Waals surface area contributed by atoms with Crippen LogP contribution in [0, 0.1) is 0 Å². The molecular formula is C23H23N3O3. The number of rotatable bonds is 5. The topological polar surface area (TPSA) is 56.7 Å². The van der Waals surface area contributed by atoms with E-state index in [0.29, 0.717) is 11.7 Å². The van der Waals surface area contributed by atoms with Gasteiger partial charge in [0, 0.05) is 37.2 Å². The molecular weight excluding hydrogens is 366 g/mol. The van der Waals surface area contributed by atoms with Gasteiger partial charge < -0.3 is 14.2 Å². The Morgan fingerprint density at radius 3 is 2.86 bits per heavy atom. The van der Waals surface area contributed by atoms with Gasteiger partial charge in [0.2, 0.25) is 12.5 Å². The summed E-state index contributed by atoms with van der Waals surface area (Å²) in [6.45, 7) is 3.21. The van der Waals surface area contributed by atoms with Crippen LogP contribution in [-0.2, 0) is 6.54 Å². The third-order valence-electron chi connectivity index (χ3n) is 5.63. The van der Waals surface area contributed by atoms with Crippen molar-refractivity contribution in [3.05, 3.63) is 66.1 Å². The average Bonchev–Trinajstić information content (AvgIpc) is 3.43. The summed E-state index contributed by atoms with van der Waals surface area (Å²) in [5.74, 6) is 2.72. The first-order valence-corrected chi connectivity index (χ1v) is 9.85.